The molecule has 0 saturated carbocycles. The van der Waals surface area contributed by atoms with E-state index in [1.807, 2.05) is 19.9 Å². The van der Waals surface area contributed by atoms with E-state index in [4.69, 9.17) is 5.73 Å². The minimum absolute atomic E-state index is 0.361. The quantitative estimate of drug-likeness (QED) is 0.648. The summed E-state index contributed by atoms with van der Waals surface area (Å²) in [5.74, 6) is 0. The first-order chi connectivity index (χ1) is 9.23. The molecule has 0 atom stereocenters. The topological polar surface area (TPSA) is 63.4 Å². The highest BCUT2D eigenvalue weighted by atomic mass is 32.2. The summed E-state index contributed by atoms with van der Waals surface area (Å²) in [7, 11) is -1.83. The Bertz CT molecular complexity index is 580. The minimum Gasteiger partial charge on any atom is -0.398 e. The predicted octanol–water partition coefficient (Wildman–Crippen LogP) is 3.00. The van der Waals surface area contributed by atoms with E-state index in [1.165, 1.54) is 4.31 Å². The second-order valence-electron chi connectivity index (χ2n) is 5.41. The maximum absolute atomic E-state index is 12.7. The van der Waals surface area contributed by atoms with Crippen molar-refractivity contribution >= 4 is 15.7 Å². The van der Waals surface area contributed by atoms with Crippen LogP contribution in [0.3, 0.4) is 0 Å². The Balaban J connectivity index is 3.19. The summed E-state index contributed by atoms with van der Waals surface area (Å²) in [6.45, 7) is 8.15. The lowest BCUT2D eigenvalue weighted by Gasteiger charge is -2.21. The van der Waals surface area contributed by atoms with E-state index in [2.05, 4.69) is 6.92 Å². The highest BCUT2D eigenvalue weighted by Crippen LogP contribution is 2.29. The molecule has 0 aliphatic carbocycles. The predicted molar refractivity (Wildman–Crippen MR) is 84.4 cm³/mol. The van der Waals surface area contributed by atoms with Gasteiger partial charge in [0.1, 0.15) is 0 Å². The number of hydrogen-bond acceptors (Lipinski definition) is 3. The van der Waals surface area contributed by atoms with Crippen LogP contribution in [0.4, 0.5) is 5.69 Å². The number of aryl methyl sites for hydroxylation is 2. The molecule has 1 rings (SSSR count). The fraction of sp³-hybridized carbons (Fsp3) is 0.600. The molecule has 4 nitrogen and oxygen atoms in total. The second kappa shape index (κ2) is 6.59. The molecule has 1 aromatic carbocycles. The number of benzene rings is 1. The van der Waals surface area contributed by atoms with E-state index in [0.717, 1.165) is 30.4 Å². The molecule has 0 amide bonds. The van der Waals surface area contributed by atoms with Crippen molar-refractivity contribution in [2.24, 2.45) is 0 Å². The third kappa shape index (κ3) is 3.33. The number of rotatable bonds is 6. The lowest BCUT2D eigenvalue weighted by Crippen LogP contribution is -2.29. The molecule has 20 heavy (non-hydrogen) atoms. The van der Waals surface area contributed by atoms with Gasteiger partial charge in [0, 0.05) is 19.3 Å². The van der Waals surface area contributed by atoms with Gasteiger partial charge in [0.15, 0.2) is 0 Å². The number of nitrogens with two attached hydrogens (primary N) is 1. The van der Waals surface area contributed by atoms with E-state index < -0.39 is 10.0 Å². The van der Waals surface area contributed by atoms with E-state index in [0.29, 0.717) is 22.7 Å². The van der Waals surface area contributed by atoms with Crippen molar-refractivity contribution in [1.82, 2.24) is 4.31 Å². The Kier molecular flexibility index (Phi) is 5.59. The van der Waals surface area contributed by atoms with Gasteiger partial charge in [-0.05, 0) is 43.9 Å². The molecule has 0 spiro atoms. The smallest absolute Gasteiger partial charge is 0.243 e. The fourth-order valence-electron chi connectivity index (χ4n) is 2.44. The first-order valence-corrected chi connectivity index (χ1v) is 8.50. The van der Waals surface area contributed by atoms with Crippen molar-refractivity contribution in [3.05, 3.63) is 22.8 Å². The monoisotopic (exact) mass is 298 g/mol. The van der Waals surface area contributed by atoms with Gasteiger partial charge in [-0.2, -0.15) is 0 Å². The number of anilines is 1. The van der Waals surface area contributed by atoms with E-state index in [-0.39, 0.29) is 0 Å². The molecular formula is C15H26N2O2S. The van der Waals surface area contributed by atoms with Crippen molar-refractivity contribution in [2.75, 3.05) is 19.3 Å². The Morgan fingerprint density at radius 3 is 2.30 bits per heavy atom. The molecule has 5 heteroatoms. The molecule has 0 saturated heterocycles. The van der Waals surface area contributed by atoms with Gasteiger partial charge < -0.3 is 5.73 Å². The van der Waals surface area contributed by atoms with Gasteiger partial charge in [0.05, 0.1) is 4.90 Å². The van der Waals surface area contributed by atoms with E-state index in [9.17, 15) is 8.42 Å². The molecule has 0 aliphatic rings. The number of nitrogen functional groups attached to an aromatic ring is 1. The van der Waals surface area contributed by atoms with Crippen LogP contribution in [0, 0.1) is 20.8 Å². The fourth-order valence-corrected chi connectivity index (χ4v) is 4.08. The zero-order chi connectivity index (χ0) is 15.5. The Hall–Kier alpha value is -1.07. The first kappa shape index (κ1) is 17.0. The Morgan fingerprint density at radius 1 is 1.15 bits per heavy atom. The summed E-state index contributed by atoms with van der Waals surface area (Å²) in [5, 5.41) is 0. The van der Waals surface area contributed by atoms with Gasteiger partial charge in [-0.3, -0.25) is 0 Å². The lowest BCUT2D eigenvalue weighted by molar-refractivity contribution is 0.453. The summed E-state index contributed by atoms with van der Waals surface area (Å²) in [4.78, 5) is 0.361. The molecule has 0 bridgehead atoms. The normalized spacial score (nSPS) is 12.1. The third-order valence-corrected chi connectivity index (χ3v) is 5.85. The van der Waals surface area contributed by atoms with Crippen LogP contribution in [0.2, 0.25) is 0 Å². The SMILES string of the molecule is CCCCCN(C)S(=O)(=O)c1c(C)cc(C)c(N)c1C. The minimum atomic E-state index is -3.47. The van der Waals surface area contributed by atoms with Crippen LogP contribution in [0.25, 0.3) is 0 Å². The average Bonchev–Trinajstić information content (AvgIpc) is 2.35. The van der Waals surface area contributed by atoms with Crippen LogP contribution in [0.5, 0.6) is 0 Å². The highest BCUT2D eigenvalue weighted by Gasteiger charge is 2.26. The van der Waals surface area contributed by atoms with Crippen molar-refractivity contribution in [3.63, 3.8) is 0 Å². The lowest BCUT2D eigenvalue weighted by atomic mass is 10.1. The van der Waals surface area contributed by atoms with Crippen LogP contribution in [0.15, 0.2) is 11.0 Å². The molecule has 0 fully saturated rings. The standard InChI is InChI=1S/C15H26N2O2S/c1-6-7-8-9-17(5)20(18,19)15-12(3)10-11(2)14(16)13(15)4/h10H,6-9,16H2,1-5H3. The molecule has 114 valence electrons. The molecule has 1 aromatic rings. The Labute approximate surface area is 123 Å². The van der Waals surface area contributed by atoms with Gasteiger partial charge in [-0.25, -0.2) is 12.7 Å². The molecule has 0 aromatic heterocycles. The second-order valence-corrected chi connectivity index (χ2v) is 7.39. The zero-order valence-corrected chi connectivity index (χ0v) is 14.0. The number of sulfonamides is 1. The van der Waals surface area contributed by atoms with Crippen LogP contribution in [0.1, 0.15) is 42.9 Å². The number of hydrogen-bond donors (Lipinski definition) is 1. The molecule has 0 aliphatic heterocycles. The maximum Gasteiger partial charge on any atom is 0.243 e. The van der Waals surface area contributed by atoms with Crippen molar-refractivity contribution in [2.45, 2.75) is 51.9 Å². The Morgan fingerprint density at radius 2 is 1.75 bits per heavy atom. The van der Waals surface area contributed by atoms with Crippen molar-refractivity contribution in [1.29, 1.82) is 0 Å². The highest BCUT2D eigenvalue weighted by molar-refractivity contribution is 7.89. The van der Waals surface area contributed by atoms with Crippen LogP contribution in [-0.4, -0.2) is 26.3 Å². The summed E-state index contributed by atoms with van der Waals surface area (Å²) >= 11 is 0. The summed E-state index contributed by atoms with van der Waals surface area (Å²) in [5.41, 5.74) is 8.89. The largest absolute Gasteiger partial charge is 0.398 e. The van der Waals surface area contributed by atoms with E-state index >= 15 is 0 Å². The molecule has 0 unspecified atom stereocenters. The van der Waals surface area contributed by atoms with Gasteiger partial charge in [-0.15, -0.1) is 0 Å². The maximum atomic E-state index is 12.7. The number of unbranched alkanes of at least 4 members (excludes halogenated alkanes) is 2. The third-order valence-electron chi connectivity index (χ3n) is 3.71. The first-order valence-electron chi connectivity index (χ1n) is 7.06. The zero-order valence-electron chi connectivity index (χ0n) is 13.2. The molecular weight excluding hydrogens is 272 g/mol. The molecule has 0 radical (unpaired) electrons. The summed E-state index contributed by atoms with van der Waals surface area (Å²) < 4.78 is 26.8. The van der Waals surface area contributed by atoms with Crippen LogP contribution >= 0.6 is 0 Å². The van der Waals surface area contributed by atoms with Crippen molar-refractivity contribution < 1.29 is 8.42 Å². The van der Waals surface area contributed by atoms with Crippen LogP contribution < -0.4 is 5.73 Å². The van der Waals surface area contributed by atoms with Gasteiger partial charge in [0.2, 0.25) is 10.0 Å². The van der Waals surface area contributed by atoms with E-state index in [1.54, 1.807) is 14.0 Å². The average molecular weight is 298 g/mol. The summed E-state index contributed by atoms with van der Waals surface area (Å²) in [6, 6.07) is 1.84. The molecule has 2 N–H and O–H groups in total. The summed E-state index contributed by atoms with van der Waals surface area (Å²) in [6.07, 6.45) is 2.99. The van der Waals surface area contributed by atoms with Gasteiger partial charge in [0.25, 0.3) is 0 Å². The molecule has 0 heterocycles. The van der Waals surface area contributed by atoms with Gasteiger partial charge >= 0.3 is 0 Å². The van der Waals surface area contributed by atoms with Crippen molar-refractivity contribution in [3.8, 4) is 0 Å². The number of nitrogens with zero attached hydrogens (tertiary/aromatic N) is 1. The van der Waals surface area contributed by atoms with Crippen LogP contribution in [-0.2, 0) is 10.0 Å². The van der Waals surface area contributed by atoms with Gasteiger partial charge in [-0.1, -0.05) is 25.8 Å².